The fourth-order valence-corrected chi connectivity index (χ4v) is 1.38. The summed E-state index contributed by atoms with van der Waals surface area (Å²) in [6, 6.07) is 3.48. The Hall–Kier alpha value is -0.850. The second-order valence-electron chi connectivity index (χ2n) is 2.28. The number of pyridine rings is 1. The summed E-state index contributed by atoms with van der Waals surface area (Å²) in [5, 5.41) is 2.55. The molecule has 0 bridgehead atoms. The number of aromatic nitrogens is 1. The fourth-order valence-electron chi connectivity index (χ4n) is 0.762. The van der Waals surface area contributed by atoms with Gasteiger partial charge >= 0.3 is 0 Å². The minimum Gasteiger partial charge on any atom is -0.384 e. The number of carbonyl (C=O) groups excluding carboxylic acids is 1. The van der Waals surface area contributed by atoms with E-state index in [1.54, 1.807) is 12.1 Å². The molecular formula is C7H8IN3O. The number of rotatable bonds is 1. The maximum atomic E-state index is 10.6. The zero-order valence-corrected chi connectivity index (χ0v) is 8.62. The first kappa shape index (κ1) is 9.24. The summed E-state index contributed by atoms with van der Waals surface area (Å²) in [6.07, 6.45) is 0. The van der Waals surface area contributed by atoms with Crippen LogP contribution in [-0.4, -0.2) is 10.9 Å². The summed E-state index contributed by atoms with van der Waals surface area (Å²) in [5.41, 5.74) is 5.47. The van der Waals surface area contributed by atoms with Crippen molar-refractivity contribution < 1.29 is 4.79 Å². The van der Waals surface area contributed by atoms with Gasteiger partial charge in [-0.25, -0.2) is 4.98 Å². The number of hydrogen-bond acceptors (Lipinski definition) is 3. The van der Waals surface area contributed by atoms with Gasteiger partial charge in [-0.15, -0.1) is 0 Å². The molecule has 0 saturated heterocycles. The summed E-state index contributed by atoms with van der Waals surface area (Å²) in [6.45, 7) is 1.43. The second kappa shape index (κ2) is 3.70. The predicted octanol–water partition coefficient (Wildman–Crippen LogP) is 1.23. The van der Waals surface area contributed by atoms with Crippen molar-refractivity contribution in [3.05, 3.63) is 15.7 Å². The molecule has 1 amide bonds. The van der Waals surface area contributed by atoms with Gasteiger partial charge in [0.15, 0.2) is 0 Å². The van der Waals surface area contributed by atoms with E-state index in [1.807, 2.05) is 0 Å². The summed E-state index contributed by atoms with van der Waals surface area (Å²) in [4.78, 5) is 14.6. The van der Waals surface area contributed by atoms with Crippen molar-refractivity contribution in [2.24, 2.45) is 0 Å². The Morgan fingerprint density at radius 3 is 2.83 bits per heavy atom. The number of nitrogens with zero attached hydrogens (tertiary/aromatic N) is 1. The molecule has 1 aromatic heterocycles. The van der Waals surface area contributed by atoms with Crippen molar-refractivity contribution in [3.8, 4) is 0 Å². The summed E-state index contributed by atoms with van der Waals surface area (Å²) >= 11 is 2.11. The molecule has 0 aliphatic heterocycles. The average molecular weight is 277 g/mol. The van der Waals surface area contributed by atoms with E-state index in [0.717, 1.165) is 3.57 Å². The lowest BCUT2D eigenvalue weighted by Gasteiger charge is -2.02. The largest absolute Gasteiger partial charge is 0.384 e. The minimum atomic E-state index is -0.149. The van der Waals surface area contributed by atoms with E-state index < -0.39 is 0 Å². The standard InChI is InChI=1S/C7H8IN3O/c1-4(12)10-7-3-5(8)2-6(9)11-7/h2-3H,1H3,(H3,9,10,11,12). The van der Waals surface area contributed by atoms with Crippen LogP contribution in [0.2, 0.25) is 0 Å². The molecule has 0 saturated carbocycles. The smallest absolute Gasteiger partial charge is 0.222 e. The van der Waals surface area contributed by atoms with Crippen LogP contribution in [0.4, 0.5) is 11.6 Å². The highest BCUT2D eigenvalue weighted by molar-refractivity contribution is 14.1. The molecule has 1 rings (SSSR count). The van der Waals surface area contributed by atoms with Gasteiger partial charge in [0.05, 0.1) is 0 Å². The third-order valence-electron chi connectivity index (χ3n) is 1.11. The van der Waals surface area contributed by atoms with Gasteiger partial charge in [0.25, 0.3) is 0 Å². The Morgan fingerprint density at radius 1 is 1.67 bits per heavy atom. The molecule has 0 aromatic carbocycles. The van der Waals surface area contributed by atoms with Gasteiger partial charge in [-0.2, -0.15) is 0 Å². The summed E-state index contributed by atoms with van der Waals surface area (Å²) in [5.74, 6) is 0.751. The third kappa shape index (κ3) is 2.65. The van der Waals surface area contributed by atoms with Crippen molar-refractivity contribution in [3.63, 3.8) is 0 Å². The lowest BCUT2D eigenvalue weighted by atomic mass is 10.4. The number of carbonyl (C=O) groups is 1. The zero-order chi connectivity index (χ0) is 9.14. The van der Waals surface area contributed by atoms with E-state index in [-0.39, 0.29) is 5.91 Å². The molecule has 0 spiro atoms. The first-order valence-corrected chi connectivity index (χ1v) is 4.36. The van der Waals surface area contributed by atoms with E-state index >= 15 is 0 Å². The van der Waals surface area contributed by atoms with Gasteiger partial charge < -0.3 is 11.1 Å². The summed E-state index contributed by atoms with van der Waals surface area (Å²) in [7, 11) is 0. The molecule has 0 aliphatic carbocycles. The van der Waals surface area contributed by atoms with E-state index in [0.29, 0.717) is 11.6 Å². The van der Waals surface area contributed by atoms with Gasteiger partial charge in [0.2, 0.25) is 5.91 Å². The molecule has 0 unspecified atom stereocenters. The summed E-state index contributed by atoms with van der Waals surface area (Å²) < 4.78 is 0.948. The molecule has 12 heavy (non-hydrogen) atoms. The fraction of sp³-hybridized carbons (Fsp3) is 0.143. The van der Waals surface area contributed by atoms with Crippen LogP contribution in [-0.2, 0) is 4.79 Å². The van der Waals surface area contributed by atoms with E-state index in [9.17, 15) is 4.79 Å². The van der Waals surface area contributed by atoms with Gasteiger partial charge in [-0.1, -0.05) is 0 Å². The monoisotopic (exact) mass is 277 g/mol. The van der Waals surface area contributed by atoms with Gasteiger partial charge in [0, 0.05) is 10.5 Å². The van der Waals surface area contributed by atoms with Crippen molar-refractivity contribution in [2.75, 3.05) is 11.1 Å². The number of nitrogens with one attached hydrogen (secondary N) is 1. The topological polar surface area (TPSA) is 68.0 Å². The third-order valence-corrected chi connectivity index (χ3v) is 1.74. The molecule has 4 nitrogen and oxygen atoms in total. The number of amides is 1. The van der Waals surface area contributed by atoms with Crippen LogP contribution < -0.4 is 11.1 Å². The van der Waals surface area contributed by atoms with Crippen LogP contribution in [0.15, 0.2) is 12.1 Å². The normalized spacial score (nSPS) is 9.50. The number of anilines is 2. The molecule has 5 heteroatoms. The lowest BCUT2D eigenvalue weighted by molar-refractivity contribution is -0.114. The minimum absolute atomic E-state index is 0.149. The molecule has 64 valence electrons. The Morgan fingerprint density at radius 2 is 2.33 bits per heavy atom. The van der Waals surface area contributed by atoms with E-state index in [1.165, 1.54) is 6.92 Å². The molecule has 3 N–H and O–H groups in total. The number of hydrogen-bond donors (Lipinski definition) is 2. The highest BCUT2D eigenvalue weighted by Crippen LogP contribution is 2.13. The number of nitrogen functional groups attached to an aromatic ring is 1. The molecular weight excluding hydrogens is 269 g/mol. The van der Waals surface area contributed by atoms with Gasteiger partial charge in [-0.3, -0.25) is 4.79 Å². The van der Waals surface area contributed by atoms with Crippen LogP contribution in [0.3, 0.4) is 0 Å². The van der Waals surface area contributed by atoms with Crippen molar-refractivity contribution in [1.82, 2.24) is 4.98 Å². The zero-order valence-electron chi connectivity index (χ0n) is 6.47. The average Bonchev–Trinajstić information content (AvgIpc) is 1.81. The Bertz CT molecular complexity index is 293. The number of nitrogens with two attached hydrogens (primary N) is 1. The quantitative estimate of drug-likeness (QED) is 0.758. The number of halogens is 1. The van der Waals surface area contributed by atoms with Crippen molar-refractivity contribution >= 4 is 40.1 Å². The van der Waals surface area contributed by atoms with Gasteiger partial charge in [0.1, 0.15) is 11.6 Å². The van der Waals surface area contributed by atoms with Crippen LogP contribution in [0.25, 0.3) is 0 Å². The van der Waals surface area contributed by atoms with Crippen molar-refractivity contribution in [2.45, 2.75) is 6.92 Å². The first-order valence-electron chi connectivity index (χ1n) is 3.28. The van der Waals surface area contributed by atoms with Crippen molar-refractivity contribution in [1.29, 1.82) is 0 Å². The molecule has 1 aromatic rings. The molecule has 0 aliphatic rings. The molecule has 0 radical (unpaired) electrons. The maximum absolute atomic E-state index is 10.6. The Kier molecular flexibility index (Phi) is 2.85. The van der Waals surface area contributed by atoms with Gasteiger partial charge in [-0.05, 0) is 34.7 Å². The molecule has 1 heterocycles. The van der Waals surface area contributed by atoms with E-state index in [2.05, 4.69) is 32.9 Å². The highest BCUT2D eigenvalue weighted by atomic mass is 127. The predicted molar refractivity (Wildman–Crippen MR) is 55.7 cm³/mol. The van der Waals surface area contributed by atoms with Crippen LogP contribution in [0.1, 0.15) is 6.92 Å². The first-order chi connectivity index (χ1) is 5.58. The molecule has 0 fully saturated rings. The maximum Gasteiger partial charge on any atom is 0.222 e. The Labute approximate surface area is 83.7 Å². The second-order valence-corrected chi connectivity index (χ2v) is 3.52. The Balaban J connectivity index is 2.93. The van der Waals surface area contributed by atoms with Crippen LogP contribution >= 0.6 is 22.6 Å². The molecule has 0 atom stereocenters. The van der Waals surface area contributed by atoms with Crippen LogP contribution in [0, 0.1) is 3.57 Å². The van der Waals surface area contributed by atoms with Crippen LogP contribution in [0.5, 0.6) is 0 Å². The highest BCUT2D eigenvalue weighted by Gasteiger charge is 1.99. The lowest BCUT2D eigenvalue weighted by Crippen LogP contribution is -2.08. The SMILES string of the molecule is CC(=O)Nc1cc(I)cc(N)n1. The van der Waals surface area contributed by atoms with E-state index in [4.69, 9.17) is 5.73 Å².